The first-order valence-corrected chi connectivity index (χ1v) is 3.06. The molecule has 3 heteroatoms. The molecule has 2 N–H and O–H groups in total. The third kappa shape index (κ3) is 4.90. The average molecular weight is 140 g/mol. The number of amides is 2. The Kier molecular flexibility index (Phi) is 5.14. The van der Waals surface area contributed by atoms with Crippen LogP contribution in [0.25, 0.3) is 0 Å². The molecule has 3 nitrogen and oxygen atoms in total. The Labute approximate surface area is 60.8 Å². The van der Waals surface area contributed by atoms with Crippen LogP contribution in [-0.4, -0.2) is 19.1 Å². The van der Waals surface area contributed by atoms with Crippen molar-refractivity contribution < 1.29 is 4.79 Å². The molecule has 0 aliphatic carbocycles. The van der Waals surface area contributed by atoms with Crippen LogP contribution in [0.2, 0.25) is 0 Å². The van der Waals surface area contributed by atoms with Crippen molar-refractivity contribution in [2.45, 2.75) is 0 Å². The van der Waals surface area contributed by atoms with E-state index < -0.39 is 0 Å². The van der Waals surface area contributed by atoms with Crippen molar-refractivity contribution in [3.05, 3.63) is 25.3 Å². The summed E-state index contributed by atoms with van der Waals surface area (Å²) in [6.45, 7) is 8.28. The van der Waals surface area contributed by atoms with Gasteiger partial charge in [0.2, 0.25) is 0 Å². The van der Waals surface area contributed by atoms with Crippen LogP contribution in [0.4, 0.5) is 4.79 Å². The molecule has 0 saturated carbocycles. The first-order valence-electron chi connectivity index (χ1n) is 3.06. The van der Waals surface area contributed by atoms with Crippen molar-refractivity contribution in [3.8, 4) is 0 Å². The highest BCUT2D eigenvalue weighted by molar-refractivity contribution is 5.75. The molecule has 1 aliphatic heterocycles. The van der Waals surface area contributed by atoms with Crippen LogP contribution >= 0.6 is 0 Å². The molecule has 0 aromatic carbocycles. The molecule has 56 valence electrons. The van der Waals surface area contributed by atoms with Crippen molar-refractivity contribution in [2.24, 2.45) is 0 Å². The van der Waals surface area contributed by atoms with E-state index in [1.165, 1.54) is 0 Å². The number of urea groups is 1. The lowest BCUT2D eigenvalue weighted by molar-refractivity contribution is 0.248. The molecular formula is C7H12N2O. The van der Waals surface area contributed by atoms with Gasteiger partial charge in [-0.25, -0.2) is 4.79 Å². The fraction of sp³-hybridized carbons (Fsp3) is 0.286. The molecule has 1 heterocycles. The molecule has 1 saturated heterocycles. The molecule has 0 bridgehead atoms. The minimum atomic E-state index is -0.0463. The third-order valence-corrected chi connectivity index (χ3v) is 0.863. The maximum absolute atomic E-state index is 10.0. The van der Waals surface area contributed by atoms with Crippen LogP contribution in [0.3, 0.4) is 0 Å². The maximum atomic E-state index is 10.0. The zero-order valence-electron chi connectivity index (χ0n) is 5.89. The van der Waals surface area contributed by atoms with Gasteiger partial charge in [-0.1, -0.05) is 25.3 Å². The first kappa shape index (κ1) is 8.75. The Morgan fingerprint density at radius 1 is 1.20 bits per heavy atom. The SMILES string of the molecule is C=CC=C.O=C1NCCN1. The zero-order valence-corrected chi connectivity index (χ0v) is 5.89. The van der Waals surface area contributed by atoms with Gasteiger partial charge >= 0.3 is 6.03 Å². The second-order valence-corrected chi connectivity index (χ2v) is 1.65. The highest BCUT2D eigenvalue weighted by atomic mass is 16.2. The van der Waals surface area contributed by atoms with Crippen molar-refractivity contribution in [1.29, 1.82) is 0 Å². The second-order valence-electron chi connectivity index (χ2n) is 1.65. The summed E-state index contributed by atoms with van der Waals surface area (Å²) in [6, 6.07) is -0.0463. The Morgan fingerprint density at radius 3 is 1.70 bits per heavy atom. The minimum Gasteiger partial charge on any atom is -0.336 e. The van der Waals surface area contributed by atoms with Gasteiger partial charge in [-0.2, -0.15) is 0 Å². The Balaban J connectivity index is 0.000000180. The molecule has 1 rings (SSSR count). The lowest BCUT2D eigenvalue weighted by Crippen LogP contribution is -2.20. The molecule has 0 aromatic heterocycles. The van der Waals surface area contributed by atoms with Gasteiger partial charge < -0.3 is 10.6 Å². The minimum absolute atomic E-state index is 0.0463. The van der Waals surface area contributed by atoms with Gasteiger partial charge in [-0.15, -0.1) is 0 Å². The predicted molar refractivity (Wildman–Crippen MR) is 41.8 cm³/mol. The van der Waals surface area contributed by atoms with Crippen LogP contribution in [0.5, 0.6) is 0 Å². The number of rotatable bonds is 1. The summed E-state index contributed by atoms with van der Waals surface area (Å²) in [5.41, 5.74) is 0. The smallest absolute Gasteiger partial charge is 0.314 e. The Bertz CT molecular complexity index is 118. The number of hydrogen-bond donors (Lipinski definition) is 2. The summed E-state index contributed by atoms with van der Waals surface area (Å²) in [7, 11) is 0. The van der Waals surface area contributed by atoms with E-state index in [0.717, 1.165) is 13.1 Å². The van der Waals surface area contributed by atoms with E-state index in [2.05, 4.69) is 23.8 Å². The summed E-state index contributed by atoms with van der Waals surface area (Å²) in [5.74, 6) is 0. The lowest BCUT2D eigenvalue weighted by Gasteiger charge is -1.80. The van der Waals surface area contributed by atoms with Gasteiger partial charge in [0.1, 0.15) is 0 Å². The molecule has 0 unspecified atom stereocenters. The van der Waals surface area contributed by atoms with E-state index in [4.69, 9.17) is 0 Å². The van der Waals surface area contributed by atoms with Crippen LogP contribution in [-0.2, 0) is 0 Å². The van der Waals surface area contributed by atoms with Crippen molar-refractivity contribution in [1.82, 2.24) is 10.6 Å². The van der Waals surface area contributed by atoms with E-state index in [-0.39, 0.29) is 6.03 Å². The van der Waals surface area contributed by atoms with Gasteiger partial charge in [-0.3, -0.25) is 0 Å². The maximum Gasteiger partial charge on any atom is 0.314 e. The second kappa shape index (κ2) is 5.88. The van der Waals surface area contributed by atoms with Crippen LogP contribution < -0.4 is 10.6 Å². The summed E-state index contributed by atoms with van der Waals surface area (Å²) in [5, 5.41) is 5.14. The molecular weight excluding hydrogens is 128 g/mol. The quantitative estimate of drug-likeness (QED) is 0.516. The molecule has 0 spiro atoms. The topological polar surface area (TPSA) is 41.1 Å². The van der Waals surface area contributed by atoms with Crippen molar-refractivity contribution in [3.63, 3.8) is 0 Å². The van der Waals surface area contributed by atoms with E-state index in [9.17, 15) is 4.79 Å². The monoisotopic (exact) mass is 140 g/mol. The molecule has 0 aromatic rings. The largest absolute Gasteiger partial charge is 0.336 e. The summed E-state index contributed by atoms with van der Waals surface area (Å²) < 4.78 is 0. The van der Waals surface area contributed by atoms with Gasteiger partial charge in [0.05, 0.1) is 0 Å². The van der Waals surface area contributed by atoms with E-state index in [1.54, 1.807) is 12.2 Å². The molecule has 0 atom stereocenters. The zero-order chi connectivity index (χ0) is 7.82. The van der Waals surface area contributed by atoms with Gasteiger partial charge in [0, 0.05) is 13.1 Å². The number of hydrogen-bond acceptors (Lipinski definition) is 1. The van der Waals surface area contributed by atoms with Gasteiger partial charge in [0.25, 0.3) is 0 Å². The third-order valence-electron chi connectivity index (χ3n) is 0.863. The summed E-state index contributed by atoms with van der Waals surface area (Å²) >= 11 is 0. The summed E-state index contributed by atoms with van der Waals surface area (Å²) in [6.07, 6.45) is 3.28. The highest BCUT2D eigenvalue weighted by Crippen LogP contribution is 1.69. The van der Waals surface area contributed by atoms with Crippen molar-refractivity contribution in [2.75, 3.05) is 13.1 Å². The summed E-state index contributed by atoms with van der Waals surface area (Å²) in [4.78, 5) is 10.0. The van der Waals surface area contributed by atoms with Crippen LogP contribution in [0.15, 0.2) is 25.3 Å². The predicted octanol–water partition coefficient (Wildman–Crippen LogP) is 0.658. The van der Waals surface area contributed by atoms with Gasteiger partial charge in [0.15, 0.2) is 0 Å². The number of nitrogens with one attached hydrogen (secondary N) is 2. The van der Waals surface area contributed by atoms with Crippen molar-refractivity contribution >= 4 is 6.03 Å². The van der Waals surface area contributed by atoms with Gasteiger partial charge in [-0.05, 0) is 0 Å². The van der Waals surface area contributed by atoms with E-state index in [1.807, 2.05) is 0 Å². The van der Waals surface area contributed by atoms with Crippen LogP contribution in [0.1, 0.15) is 0 Å². The highest BCUT2D eigenvalue weighted by Gasteiger charge is 2.02. The molecule has 1 fully saturated rings. The normalized spacial score (nSPS) is 13.8. The lowest BCUT2D eigenvalue weighted by atomic mass is 10.6. The molecule has 10 heavy (non-hydrogen) atoms. The Morgan fingerprint density at radius 2 is 1.60 bits per heavy atom. The molecule has 0 radical (unpaired) electrons. The number of allylic oxidation sites excluding steroid dienone is 2. The van der Waals surface area contributed by atoms with Crippen LogP contribution in [0, 0.1) is 0 Å². The average Bonchev–Trinajstić information content (AvgIpc) is 2.40. The number of carbonyl (C=O) groups is 1. The molecule has 2 amide bonds. The standard InChI is InChI=1S/C4H6.C3H6N2O/c1-3-4-2;6-3-4-1-2-5-3/h3-4H,1-2H2;1-2H2,(H2,4,5,6). The Hall–Kier alpha value is -1.25. The fourth-order valence-corrected chi connectivity index (χ4v) is 0.415. The van der Waals surface area contributed by atoms with E-state index in [0.29, 0.717) is 0 Å². The molecule has 1 aliphatic rings. The van der Waals surface area contributed by atoms with E-state index >= 15 is 0 Å². The first-order chi connectivity index (χ1) is 4.81. The number of carbonyl (C=O) groups excluding carboxylic acids is 1. The fourth-order valence-electron chi connectivity index (χ4n) is 0.415.